The molecule has 0 radical (unpaired) electrons. The molecule has 0 bridgehead atoms. The van der Waals surface area contributed by atoms with Crippen LogP contribution in [-0.2, 0) is 9.59 Å². The Kier molecular flexibility index (Phi) is 7.22. The van der Waals surface area contributed by atoms with Crippen LogP contribution in [-0.4, -0.2) is 27.9 Å². The predicted octanol–water partition coefficient (Wildman–Crippen LogP) is 5.51. The number of allylic oxidation sites excluding steroid dienone is 1. The van der Waals surface area contributed by atoms with Gasteiger partial charge in [-0.1, -0.05) is 66.7 Å². The second-order valence-corrected chi connectivity index (χ2v) is 9.52. The summed E-state index contributed by atoms with van der Waals surface area (Å²) < 4.78 is 0. The molecule has 0 saturated carbocycles. The summed E-state index contributed by atoms with van der Waals surface area (Å²) in [5.74, 6) is -0.231. The van der Waals surface area contributed by atoms with Gasteiger partial charge < -0.3 is 15.5 Å². The molecule has 2 atom stereocenters. The van der Waals surface area contributed by atoms with Crippen molar-refractivity contribution in [1.82, 2.24) is 10.2 Å². The summed E-state index contributed by atoms with van der Waals surface area (Å²) in [6, 6.07) is 17.3. The van der Waals surface area contributed by atoms with Crippen molar-refractivity contribution in [2.75, 3.05) is 5.32 Å². The number of nitrogens with zero attached hydrogens (tertiary/aromatic N) is 2. The van der Waals surface area contributed by atoms with E-state index < -0.39 is 0 Å². The molecule has 0 aromatic heterocycles. The molecule has 2 aliphatic heterocycles. The summed E-state index contributed by atoms with van der Waals surface area (Å²) in [4.78, 5) is 33.1. The maximum atomic E-state index is 13.6. The maximum absolute atomic E-state index is 13.6. The van der Waals surface area contributed by atoms with Gasteiger partial charge >= 0.3 is 0 Å². The SMILES string of the molecule is CC[C@@H](C)NC(=O)CC1=CSC2=NC(C)=C(C(=O)Nc3ccccc3)[C@H](c3cccc(C)c3)N12. The molecular weight excluding hydrogens is 444 g/mol. The third-order valence-electron chi connectivity index (χ3n) is 6.00. The average molecular weight is 475 g/mol. The number of aryl methyl sites for hydroxylation is 1. The van der Waals surface area contributed by atoms with Crippen LogP contribution in [0.3, 0.4) is 0 Å². The smallest absolute Gasteiger partial charge is 0.255 e. The Balaban J connectivity index is 1.71. The van der Waals surface area contributed by atoms with Gasteiger partial charge in [0.25, 0.3) is 5.91 Å². The summed E-state index contributed by atoms with van der Waals surface area (Å²) in [6.07, 6.45) is 1.10. The van der Waals surface area contributed by atoms with Crippen LogP contribution >= 0.6 is 11.8 Å². The van der Waals surface area contributed by atoms with Crippen LogP contribution in [0.4, 0.5) is 5.69 Å². The topological polar surface area (TPSA) is 73.8 Å². The monoisotopic (exact) mass is 474 g/mol. The number of amidine groups is 1. The van der Waals surface area contributed by atoms with E-state index in [0.717, 1.165) is 34.1 Å². The Bertz CT molecular complexity index is 1190. The zero-order valence-electron chi connectivity index (χ0n) is 20.0. The van der Waals surface area contributed by atoms with Crippen molar-refractivity contribution in [1.29, 1.82) is 0 Å². The van der Waals surface area contributed by atoms with Crippen LogP contribution in [0.2, 0.25) is 0 Å². The van der Waals surface area contributed by atoms with Gasteiger partial charge in [0, 0.05) is 17.4 Å². The molecule has 34 heavy (non-hydrogen) atoms. The number of para-hydroxylation sites is 1. The molecule has 0 spiro atoms. The molecule has 7 heteroatoms. The molecule has 2 amide bonds. The molecule has 4 rings (SSSR count). The van der Waals surface area contributed by atoms with Gasteiger partial charge in [-0.3, -0.25) is 9.59 Å². The number of rotatable bonds is 7. The van der Waals surface area contributed by atoms with Crippen molar-refractivity contribution >= 4 is 34.4 Å². The highest BCUT2D eigenvalue weighted by molar-refractivity contribution is 8.16. The first-order chi connectivity index (χ1) is 16.4. The molecule has 2 aliphatic rings. The van der Waals surface area contributed by atoms with Crippen LogP contribution in [0.5, 0.6) is 0 Å². The van der Waals surface area contributed by atoms with Crippen molar-refractivity contribution < 1.29 is 9.59 Å². The molecular formula is C27H30N4O2S. The van der Waals surface area contributed by atoms with Crippen LogP contribution in [0.15, 0.2) is 82.0 Å². The van der Waals surface area contributed by atoms with Crippen LogP contribution < -0.4 is 10.6 Å². The first-order valence-corrected chi connectivity index (χ1v) is 12.4. The lowest BCUT2D eigenvalue weighted by molar-refractivity contribution is -0.121. The van der Waals surface area contributed by atoms with Gasteiger partial charge in [0.2, 0.25) is 5.91 Å². The molecule has 176 valence electrons. The number of carbonyl (C=O) groups is 2. The second kappa shape index (κ2) is 10.3. The average Bonchev–Trinajstić information content (AvgIpc) is 3.20. The molecule has 0 fully saturated rings. The van der Waals surface area contributed by atoms with E-state index in [9.17, 15) is 9.59 Å². The van der Waals surface area contributed by atoms with Crippen molar-refractivity contribution in [3.05, 3.63) is 88.1 Å². The van der Waals surface area contributed by atoms with Gasteiger partial charge in [0.1, 0.15) is 0 Å². The number of anilines is 1. The number of hydrogen-bond donors (Lipinski definition) is 2. The van der Waals surface area contributed by atoms with E-state index in [2.05, 4.69) is 16.7 Å². The fourth-order valence-electron chi connectivity index (χ4n) is 4.13. The lowest BCUT2D eigenvalue weighted by atomic mass is 9.92. The largest absolute Gasteiger partial charge is 0.353 e. The summed E-state index contributed by atoms with van der Waals surface area (Å²) in [5, 5.41) is 8.83. The molecule has 0 saturated heterocycles. The number of aliphatic imine (C=N–C) groups is 1. The summed E-state index contributed by atoms with van der Waals surface area (Å²) in [6.45, 7) is 7.96. The number of thioether (sulfide) groups is 1. The van der Waals surface area contributed by atoms with Gasteiger partial charge in [-0.25, -0.2) is 4.99 Å². The Morgan fingerprint density at radius 2 is 1.88 bits per heavy atom. The molecule has 0 unspecified atom stereocenters. The minimum atomic E-state index is -0.381. The van der Waals surface area contributed by atoms with E-state index in [0.29, 0.717) is 11.3 Å². The maximum Gasteiger partial charge on any atom is 0.255 e. The van der Waals surface area contributed by atoms with E-state index in [1.54, 1.807) is 0 Å². The molecule has 2 aromatic carbocycles. The molecule has 2 heterocycles. The van der Waals surface area contributed by atoms with Gasteiger partial charge in [0.15, 0.2) is 5.17 Å². The summed E-state index contributed by atoms with van der Waals surface area (Å²) in [7, 11) is 0. The predicted molar refractivity (Wildman–Crippen MR) is 139 cm³/mol. The zero-order chi connectivity index (χ0) is 24.2. The first-order valence-electron chi connectivity index (χ1n) is 11.5. The van der Waals surface area contributed by atoms with Crippen LogP contribution in [0.1, 0.15) is 50.8 Å². The van der Waals surface area contributed by atoms with E-state index in [4.69, 9.17) is 4.99 Å². The number of benzene rings is 2. The lowest BCUT2D eigenvalue weighted by Crippen LogP contribution is -2.39. The minimum absolute atomic E-state index is 0.0352. The lowest BCUT2D eigenvalue weighted by Gasteiger charge is -2.36. The highest BCUT2D eigenvalue weighted by Crippen LogP contribution is 2.44. The fourth-order valence-corrected chi connectivity index (χ4v) is 5.09. The van der Waals surface area contributed by atoms with Crippen molar-refractivity contribution in [2.24, 2.45) is 4.99 Å². The molecule has 6 nitrogen and oxygen atoms in total. The Labute approximate surface area is 205 Å². The van der Waals surface area contributed by atoms with Gasteiger partial charge in [-0.15, -0.1) is 0 Å². The second-order valence-electron chi connectivity index (χ2n) is 8.68. The van der Waals surface area contributed by atoms with Crippen molar-refractivity contribution in [3.63, 3.8) is 0 Å². The summed E-state index contributed by atoms with van der Waals surface area (Å²) >= 11 is 1.49. The molecule has 2 N–H and O–H groups in total. The number of nitrogens with one attached hydrogen (secondary N) is 2. The van der Waals surface area contributed by atoms with Crippen molar-refractivity contribution in [3.8, 4) is 0 Å². The minimum Gasteiger partial charge on any atom is -0.353 e. The van der Waals surface area contributed by atoms with Gasteiger partial charge in [-0.2, -0.15) is 0 Å². The standard InChI is InChI=1S/C27H30N4O2S/c1-5-18(3)28-23(32)15-22-16-34-27-29-19(4)24(26(33)30-21-12-7-6-8-13-21)25(31(22)27)20-11-9-10-17(2)14-20/h6-14,16,18,25H,5,15H2,1-4H3,(H,28,32)(H,30,33)/t18-,25+/m1/s1. The quantitative estimate of drug-likeness (QED) is 0.555. The van der Waals surface area contributed by atoms with Crippen molar-refractivity contribution in [2.45, 2.75) is 52.6 Å². The van der Waals surface area contributed by atoms with E-state index in [1.165, 1.54) is 11.8 Å². The Hall–Kier alpha value is -3.32. The normalized spacial score (nSPS) is 18.1. The number of fused-ring (bicyclic) bond motifs is 1. The summed E-state index contributed by atoms with van der Waals surface area (Å²) in [5.41, 5.74) is 4.92. The van der Waals surface area contributed by atoms with Crippen LogP contribution in [0, 0.1) is 6.92 Å². The Morgan fingerprint density at radius 1 is 1.12 bits per heavy atom. The molecule has 0 aliphatic carbocycles. The van der Waals surface area contributed by atoms with E-state index in [-0.39, 0.29) is 30.3 Å². The van der Waals surface area contributed by atoms with Crippen LogP contribution in [0.25, 0.3) is 0 Å². The van der Waals surface area contributed by atoms with Gasteiger partial charge in [0.05, 0.1) is 23.7 Å². The van der Waals surface area contributed by atoms with E-state index in [1.807, 2.05) is 86.5 Å². The highest BCUT2D eigenvalue weighted by atomic mass is 32.2. The molecule has 2 aromatic rings. The third kappa shape index (κ3) is 5.09. The number of carbonyl (C=O) groups excluding carboxylic acids is 2. The number of hydrogen-bond acceptors (Lipinski definition) is 5. The first kappa shape index (κ1) is 23.8. The highest BCUT2D eigenvalue weighted by Gasteiger charge is 2.40. The van der Waals surface area contributed by atoms with E-state index >= 15 is 0 Å². The number of amides is 2. The fraction of sp³-hybridized carbons (Fsp3) is 0.296. The van der Waals surface area contributed by atoms with Gasteiger partial charge in [-0.05, 0) is 50.3 Å². The third-order valence-corrected chi connectivity index (χ3v) is 6.88. The Morgan fingerprint density at radius 3 is 2.59 bits per heavy atom. The zero-order valence-corrected chi connectivity index (χ0v) is 20.8.